The summed E-state index contributed by atoms with van der Waals surface area (Å²) < 4.78 is 28.5. The zero-order valence-electron chi connectivity index (χ0n) is 16.5. The molecule has 150 valence electrons. The Hall–Kier alpha value is -2.67. The first-order chi connectivity index (χ1) is 13.1. The van der Waals surface area contributed by atoms with E-state index in [1.54, 1.807) is 13.0 Å². The van der Waals surface area contributed by atoms with Crippen molar-refractivity contribution in [2.75, 3.05) is 18.2 Å². The van der Waals surface area contributed by atoms with Crippen LogP contribution in [-0.4, -0.2) is 33.2 Å². The summed E-state index contributed by atoms with van der Waals surface area (Å²) in [4.78, 5) is 24.6. The second-order valence-corrected chi connectivity index (χ2v) is 8.79. The van der Waals surface area contributed by atoms with Crippen molar-refractivity contribution in [3.05, 3.63) is 59.2 Å². The van der Waals surface area contributed by atoms with Gasteiger partial charge in [0.2, 0.25) is 0 Å². The number of ether oxygens (including phenoxy) is 1. The highest BCUT2D eigenvalue weighted by Crippen LogP contribution is 2.26. The summed E-state index contributed by atoms with van der Waals surface area (Å²) in [5, 5.41) is 2.77. The zero-order chi connectivity index (χ0) is 20.9. The summed E-state index contributed by atoms with van der Waals surface area (Å²) in [6.45, 7) is 5.35. The molecule has 0 aliphatic rings. The molecular formula is C21H25NO5S. The quantitative estimate of drug-likeness (QED) is 0.712. The Balaban J connectivity index is 2.07. The molecular weight excluding hydrogens is 378 g/mol. The molecule has 0 fully saturated rings. The van der Waals surface area contributed by atoms with Gasteiger partial charge in [-0.25, -0.2) is 13.2 Å². The number of hydrogen-bond donors (Lipinski definition) is 1. The molecule has 6 nitrogen and oxygen atoms in total. The fourth-order valence-corrected chi connectivity index (χ4v) is 3.35. The molecule has 0 radical (unpaired) electrons. The third-order valence-electron chi connectivity index (χ3n) is 4.57. The van der Waals surface area contributed by atoms with E-state index < -0.39 is 28.3 Å². The summed E-state index contributed by atoms with van der Waals surface area (Å²) in [5.74, 6) is -0.921. The van der Waals surface area contributed by atoms with Gasteiger partial charge in [0.15, 0.2) is 16.4 Å². The Labute approximate surface area is 165 Å². The van der Waals surface area contributed by atoms with E-state index in [-0.39, 0.29) is 16.4 Å². The minimum atomic E-state index is -3.45. The Kier molecular flexibility index (Phi) is 6.96. The van der Waals surface area contributed by atoms with E-state index >= 15 is 0 Å². The third-order valence-corrected chi connectivity index (χ3v) is 5.68. The second-order valence-electron chi connectivity index (χ2n) is 6.77. The van der Waals surface area contributed by atoms with Crippen LogP contribution in [-0.2, 0) is 19.4 Å². The number of rotatable bonds is 7. The van der Waals surface area contributed by atoms with Crippen LogP contribution in [0.5, 0.6) is 0 Å². The van der Waals surface area contributed by atoms with Crippen LogP contribution in [0, 0.1) is 6.92 Å². The molecule has 28 heavy (non-hydrogen) atoms. The molecule has 2 rings (SSSR count). The van der Waals surface area contributed by atoms with Crippen LogP contribution in [0.1, 0.15) is 47.7 Å². The van der Waals surface area contributed by atoms with E-state index in [1.807, 2.05) is 18.2 Å². The van der Waals surface area contributed by atoms with Crippen molar-refractivity contribution in [2.24, 2.45) is 0 Å². The molecule has 0 heterocycles. The molecule has 1 atom stereocenters. The smallest absolute Gasteiger partial charge is 0.338 e. The van der Waals surface area contributed by atoms with Crippen LogP contribution >= 0.6 is 0 Å². The predicted molar refractivity (Wildman–Crippen MR) is 108 cm³/mol. The number of carbonyl (C=O) groups is 2. The highest BCUT2D eigenvalue weighted by molar-refractivity contribution is 7.90. The number of para-hydroxylation sites is 1. The Morgan fingerprint density at radius 1 is 1.14 bits per heavy atom. The van der Waals surface area contributed by atoms with Gasteiger partial charge in [0.1, 0.15) is 0 Å². The van der Waals surface area contributed by atoms with E-state index in [0.717, 1.165) is 18.2 Å². The van der Waals surface area contributed by atoms with Crippen molar-refractivity contribution in [3.8, 4) is 0 Å². The lowest BCUT2D eigenvalue weighted by Gasteiger charge is -2.15. The number of aryl methyl sites for hydroxylation is 1. The third kappa shape index (κ3) is 5.42. The molecule has 0 aromatic heterocycles. The zero-order valence-corrected chi connectivity index (χ0v) is 17.3. The first-order valence-corrected chi connectivity index (χ1v) is 10.9. The highest BCUT2D eigenvalue weighted by Gasteiger charge is 2.17. The maximum Gasteiger partial charge on any atom is 0.338 e. The van der Waals surface area contributed by atoms with E-state index in [2.05, 4.69) is 19.2 Å². The number of benzene rings is 2. The SMILES string of the molecule is CC[C@@H](C)c1ccccc1NC(=O)COC(=O)c1cc(S(C)(=O)=O)ccc1C. The molecule has 0 unspecified atom stereocenters. The number of carbonyl (C=O) groups excluding carboxylic acids is 2. The average molecular weight is 404 g/mol. The van der Waals surface area contributed by atoms with Crippen molar-refractivity contribution < 1.29 is 22.7 Å². The average Bonchev–Trinajstić information content (AvgIpc) is 2.65. The summed E-state index contributed by atoms with van der Waals surface area (Å²) in [6, 6.07) is 11.7. The van der Waals surface area contributed by atoms with Crippen molar-refractivity contribution in [1.82, 2.24) is 0 Å². The van der Waals surface area contributed by atoms with E-state index in [4.69, 9.17) is 4.74 Å². The summed E-state index contributed by atoms with van der Waals surface area (Å²) in [7, 11) is -3.45. The van der Waals surface area contributed by atoms with Crippen LogP contribution in [0.4, 0.5) is 5.69 Å². The van der Waals surface area contributed by atoms with Gasteiger partial charge in [-0.15, -0.1) is 0 Å². The van der Waals surface area contributed by atoms with Gasteiger partial charge in [0.25, 0.3) is 5.91 Å². The van der Waals surface area contributed by atoms with E-state index in [1.165, 1.54) is 18.2 Å². The lowest BCUT2D eigenvalue weighted by molar-refractivity contribution is -0.119. The molecule has 0 saturated carbocycles. The van der Waals surface area contributed by atoms with Gasteiger partial charge >= 0.3 is 5.97 Å². The van der Waals surface area contributed by atoms with Crippen molar-refractivity contribution in [3.63, 3.8) is 0 Å². The van der Waals surface area contributed by atoms with Gasteiger partial charge in [-0.2, -0.15) is 0 Å². The molecule has 2 aromatic carbocycles. The number of sulfone groups is 1. The molecule has 0 aliphatic heterocycles. The number of nitrogens with one attached hydrogen (secondary N) is 1. The summed E-state index contributed by atoms with van der Waals surface area (Å²) in [5.41, 5.74) is 2.39. The fourth-order valence-electron chi connectivity index (χ4n) is 2.71. The Morgan fingerprint density at radius 2 is 1.82 bits per heavy atom. The number of amides is 1. The van der Waals surface area contributed by atoms with Crippen molar-refractivity contribution in [2.45, 2.75) is 38.0 Å². The summed E-state index contributed by atoms with van der Waals surface area (Å²) >= 11 is 0. The van der Waals surface area contributed by atoms with Gasteiger partial charge in [0.05, 0.1) is 10.5 Å². The van der Waals surface area contributed by atoms with Crippen molar-refractivity contribution in [1.29, 1.82) is 0 Å². The normalized spacial score (nSPS) is 12.3. The molecule has 1 N–H and O–H groups in total. The van der Waals surface area contributed by atoms with Gasteiger partial charge in [0, 0.05) is 11.9 Å². The van der Waals surface area contributed by atoms with Crippen LogP contribution in [0.25, 0.3) is 0 Å². The van der Waals surface area contributed by atoms with E-state index in [0.29, 0.717) is 11.3 Å². The van der Waals surface area contributed by atoms with Gasteiger partial charge in [-0.3, -0.25) is 4.79 Å². The highest BCUT2D eigenvalue weighted by atomic mass is 32.2. The van der Waals surface area contributed by atoms with Gasteiger partial charge < -0.3 is 10.1 Å². The molecule has 1 amide bonds. The minimum Gasteiger partial charge on any atom is -0.452 e. The van der Waals surface area contributed by atoms with Crippen LogP contribution in [0.2, 0.25) is 0 Å². The van der Waals surface area contributed by atoms with Gasteiger partial charge in [-0.05, 0) is 48.6 Å². The summed E-state index contributed by atoms with van der Waals surface area (Å²) in [6.07, 6.45) is 1.99. The van der Waals surface area contributed by atoms with Crippen LogP contribution < -0.4 is 5.32 Å². The monoisotopic (exact) mass is 403 g/mol. The molecule has 0 spiro atoms. The number of esters is 1. The first kappa shape index (κ1) is 21.6. The van der Waals surface area contributed by atoms with Crippen molar-refractivity contribution >= 4 is 27.4 Å². The second kappa shape index (κ2) is 9.01. The maximum absolute atomic E-state index is 12.3. The lowest BCUT2D eigenvalue weighted by Crippen LogP contribution is -2.22. The fraction of sp³-hybridized carbons (Fsp3) is 0.333. The Bertz CT molecular complexity index is 982. The van der Waals surface area contributed by atoms with Gasteiger partial charge in [-0.1, -0.05) is 38.1 Å². The van der Waals surface area contributed by atoms with Crippen LogP contribution in [0.15, 0.2) is 47.4 Å². The molecule has 0 aliphatic carbocycles. The Morgan fingerprint density at radius 3 is 2.46 bits per heavy atom. The first-order valence-electron chi connectivity index (χ1n) is 9.00. The topological polar surface area (TPSA) is 89.5 Å². The van der Waals surface area contributed by atoms with Crippen LogP contribution in [0.3, 0.4) is 0 Å². The maximum atomic E-state index is 12.3. The molecule has 2 aromatic rings. The number of hydrogen-bond acceptors (Lipinski definition) is 5. The van der Waals surface area contributed by atoms with E-state index in [9.17, 15) is 18.0 Å². The minimum absolute atomic E-state index is 0.0250. The number of anilines is 1. The predicted octanol–water partition coefficient (Wildman–Crippen LogP) is 3.71. The standard InChI is InChI=1S/C21H25NO5S/c1-5-14(2)17-8-6-7-9-19(17)22-20(23)13-27-21(24)18-12-16(28(4,25)26)11-10-15(18)3/h6-12,14H,5,13H2,1-4H3,(H,22,23)/t14-/m1/s1. The molecule has 0 saturated heterocycles. The lowest BCUT2D eigenvalue weighted by atomic mass is 9.97. The molecule has 0 bridgehead atoms. The molecule has 7 heteroatoms. The largest absolute Gasteiger partial charge is 0.452 e.